The third kappa shape index (κ3) is 5.72. The van der Waals surface area contributed by atoms with Gasteiger partial charge in [-0.05, 0) is 12.3 Å². The Morgan fingerprint density at radius 2 is 2.07 bits per heavy atom. The van der Waals surface area contributed by atoms with E-state index in [1.54, 1.807) is 0 Å². The highest BCUT2D eigenvalue weighted by Crippen LogP contribution is 2.04. The minimum absolute atomic E-state index is 0.0189. The molecule has 82 valence electrons. The van der Waals surface area contributed by atoms with Gasteiger partial charge in [0.15, 0.2) is 0 Å². The molecule has 3 N–H and O–H groups in total. The normalized spacial score (nSPS) is 12.9. The number of carbonyl (C=O) groups is 1. The van der Waals surface area contributed by atoms with E-state index in [9.17, 15) is 4.79 Å². The van der Waals surface area contributed by atoms with Crippen molar-refractivity contribution in [2.45, 2.75) is 26.3 Å². The molecule has 0 aliphatic heterocycles. The van der Waals surface area contributed by atoms with Crippen LogP contribution in [0.5, 0.6) is 0 Å². The lowest BCUT2D eigenvalue weighted by Gasteiger charge is -2.17. The van der Waals surface area contributed by atoms with E-state index in [0.717, 1.165) is 6.42 Å². The van der Waals surface area contributed by atoms with Crippen LogP contribution in [0.25, 0.3) is 0 Å². The van der Waals surface area contributed by atoms with Gasteiger partial charge in [-0.2, -0.15) is 0 Å². The standard InChI is InChI=1S/C10H19NO3/c1-7(2)4-9(6-12)11-5-8(3)10(13)14/h7,9,11-12H,3-6H2,1-2H3,(H,13,14). The molecule has 0 rings (SSSR count). The van der Waals surface area contributed by atoms with Gasteiger partial charge in [0.05, 0.1) is 6.61 Å². The summed E-state index contributed by atoms with van der Waals surface area (Å²) in [6.07, 6.45) is 0.823. The lowest BCUT2D eigenvalue weighted by Crippen LogP contribution is -2.35. The highest BCUT2D eigenvalue weighted by atomic mass is 16.4. The number of carboxylic acid groups (broad SMARTS) is 1. The molecule has 0 aromatic heterocycles. The van der Waals surface area contributed by atoms with Crippen molar-refractivity contribution in [3.05, 3.63) is 12.2 Å². The van der Waals surface area contributed by atoms with Crippen molar-refractivity contribution >= 4 is 5.97 Å². The number of aliphatic carboxylic acids is 1. The molecule has 14 heavy (non-hydrogen) atoms. The summed E-state index contributed by atoms with van der Waals surface area (Å²) in [5.74, 6) is -0.531. The molecule has 0 bridgehead atoms. The molecule has 0 heterocycles. The predicted octanol–water partition coefficient (Wildman–Crippen LogP) is 0.624. The molecule has 0 aliphatic rings. The van der Waals surface area contributed by atoms with E-state index >= 15 is 0 Å². The molecule has 0 aromatic rings. The SMILES string of the molecule is C=C(CNC(CO)CC(C)C)C(=O)O. The maximum Gasteiger partial charge on any atom is 0.332 e. The van der Waals surface area contributed by atoms with Gasteiger partial charge in [-0.3, -0.25) is 0 Å². The molecule has 0 aromatic carbocycles. The van der Waals surface area contributed by atoms with Crippen LogP contribution in [0, 0.1) is 5.92 Å². The Labute approximate surface area is 84.6 Å². The van der Waals surface area contributed by atoms with Crippen molar-refractivity contribution < 1.29 is 15.0 Å². The minimum atomic E-state index is -1.00. The summed E-state index contributed by atoms with van der Waals surface area (Å²) in [4.78, 5) is 10.4. The first-order valence-electron chi connectivity index (χ1n) is 4.72. The van der Waals surface area contributed by atoms with Crippen molar-refractivity contribution in [1.82, 2.24) is 5.32 Å². The lowest BCUT2D eigenvalue weighted by atomic mass is 10.0. The molecule has 0 radical (unpaired) electrons. The van der Waals surface area contributed by atoms with Crippen molar-refractivity contribution in [2.24, 2.45) is 5.92 Å². The first-order valence-corrected chi connectivity index (χ1v) is 4.72. The van der Waals surface area contributed by atoms with Crippen LogP contribution >= 0.6 is 0 Å². The van der Waals surface area contributed by atoms with Gasteiger partial charge < -0.3 is 15.5 Å². The van der Waals surface area contributed by atoms with E-state index in [1.165, 1.54) is 0 Å². The van der Waals surface area contributed by atoms with E-state index in [2.05, 4.69) is 25.7 Å². The molecule has 1 atom stereocenters. The van der Waals surface area contributed by atoms with Gasteiger partial charge in [-0.1, -0.05) is 20.4 Å². The van der Waals surface area contributed by atoms with Gasteiger partial charge in [0.1, 0.15) is 0 Å². The fourth-order valence-electron chi connectivity index (χ4n) is 1.13. The zero-order valence-corrected chi connectivity index (χ0v) is 8.79. The third-order valence-corrected chi connectivity index (χ3v) is 1.88. The van der Waals surface area contributed by atoms with Crippen LogP contribution in [-0.4, -0.2) is 35.4 Å². The molecule has 0 spiro atoms. The Kier molecular flexibility index (Phi) is 6.16. The van der Waals surface area contributed by atoms with Gasteiger partial charge in [-0.15, -0.1) is 0 Å². The van der Waals surface area contributed by atoms with Gasteiger partial charge in [0.2, 0.25) is 0 Å². The first kappa shape index (κ1) is 13.1. The van der Waals surface area contributed by atoms with Gasteiger partial charge in [0, 0.05) is 18.2 Å². The fraction of sp³-hybridized carbons (Fsp3) is 0.700. The predicted molar refractivity (Wildman–Crippen MR) is 55.1 cm³/mol. The quantitative estimate of drug-likeness (QED) is 0.528. The Bertz CT molecular complexity index is 202. The molecule has 0 aliphatic carbocycles. The molecule has 0 saturated carbocycles. The topological polar surface area (TPSA) is 69.6 Å². The summed E-state index contributed by atoms with van der Waals surface area (Å²) in [5, 5.41) is 20.5. The van der Waals surface area contributed by atoms with Gasteiger partial charge in [0.25, 0.3) is 0 Å². The number of nitrogens with one attached hydrogen (secondary N) is 1. The largest absolute Gasteiger partial charge is 0.478 e. The number of aliphatic hydroxyl groups excluding tert-OH is 1. The van der Waals surface area contributed by atoms with Crippen molar-refractivity contribution in [1.29, 1.82) is 0 Å². The summed E-state index contributed by atoms with van der Waals surface area (Å²) < 4.78 is 0. The number of hydrogen-bond donors (Lipinski definition) is 3. The van der Waals surface area contributed by atoms with Crippen LogP contribution in [0.2, 0.25) is 0 Å². The highest BCUT2D eigenvalue weighted by molar-refractivity contribution is 5.86. The van der Waals surface area contributed by atoms with Crippen LogP contribution in [0.4, 0.5) is 0 Å². The number of hydrogen-bond acceptors (Lipinski definition) is 3. The zero-order valence-electron chi connectivity index (χ0n) is 8.79. The van der Waals surface area contributed by atoms with Crippen molar-refractivity contribution in [3.8, 4) is 0 Å². The summed E-state index contributed by atoms with van der Waals surface area (Å²) in [7, 11) is 0. The van der Waals surface area contributed by atoms with E-state index in [4.69, 9.17) is 10.2 Å². The molecule has 0 fully saturated rings. The Morgan fingerprint density at radius 1 is 1.50 bits per heavy atom. The Balaban J connectivity index is 3.83. The Morgan fingerprint density at radius 3 is 2.43 bits per heavy atom. The second-order valence-corrected chi connectivity index (χ2v) is 3.80. The van der Waals surface area contributed by atoms with Crippen LogP contribution in [0.15, 0.2) is 12.2 Å². The van der Waals surface area contributed by atoms with Crippen LogP contribution in [0.1, 0.15) is 20.3 Å². The second kappa shape index (κ2) is 6.56. The molecule has 4 nitrogen and oxygen atoms in total. The average molecular weight is 201 g/mol. The average Bonchev–Trinajstić information content (AvgIpc) is 2.10. The number of aliphatic hydroxyl groups is 1. The molecule has 1 unspecified atom stereocenters. The summed E-state index contributed by atoms with van der Waals surface area (Å²) >= 11 is 0. The minimum Gasteiger partial charge on any atom is -0.478 e. The summed E-state index contributed by atoms with van der Waals surface area (Å²) in [5.41, 5.74) is 0.118. The smallest absolute Gasteiger partial charge is 0.332 e. The van der Waals surface area contributed by atoms with Crippen LogP contribution in [0.3, 0.4) is 0 Å². The van der Waals surface area contributed by atoms with E-state index in [0.29, 0.717) is 5.92 Å². The van der Waals surface area contributed by atoms with Crippen molar-refractivity contribution in [2.75, 3.05) is 13.2 Å². The fourth-order valence-corrected chi connectivity index (χ4v) is 1.13. The Hall–Kier alpha value is -0.870. The molecular weight excluding hydrogens is 182 g/mol. The van der Waals surface area contributed by atoms with E-state index < -0.39 is 5.97 Å². The van der Waals surface area contributed by atoms with Gasteiger partial charge in [-0.25, -0.2) is 4.79 Å². The molecule has 4 heteroatoms. The second-order valence-electron chi connectivity index (χ2n) is 3.80. The molecule has 0 amide bonds. The first-order chi connectivity index (χ1) is 6.47. The zero-order chi connectivity index (χ0) is 11.1. The summed E-state index contributed by atoms with van der Waals surface area (Å²) in [6.45, 7) is 7.73. The maximum absolute atomic E-state index is 10.4. The highest BCUT2D eigenvalue weighted by Gasteiger charge is 2.11. The molecular formula is C10H19NO3. The molecule has 0 saturated heterocycles. The van der Waals surface area contributed by atoms with Crippen molar-refractivity contribution in [3.63, 3.8) is 0 Å². The lowest BCUT2D eigenvalue weighted by molar-refractivity contribution is -0.132. The van der Waals surface area contributed by atoms with Crippen LogP contribution in [-0.2, 0) is 4.79 Å². The monoisotopic (exact) mass is 201 g/mol. The number of carboxylic acids is 1. The third-order valence-electron chi connectivity index (χ3n) is 1.88. The van der Waals surface area contributed by atoms with Gasteiger partial charge >= 0.3 is 5.97 Å². The van der Waals surface area contributed by atoms with E-state index in [-0.39, 0.29) is 24.8 Å². The van der Waals surface area contributed by atoms with E-state index in [1.807, 2.05) is 0 Å². The number of rotatable bonds is 7. The van der Waals surface area contributed by atoms with Crippen LogP contribution < -0.4 is 5.32 Å². The maximum atomic E-state index is 10.4. The summed E-state index contributed by atoms with van der Waals surface area (Å²) in [6, 6.07) is -0.0499.